The van der Waals surface area contributed by atoms with E-state index in [9.17, 15) is 4.79 Å². The van der Waals surface area contributed by atoms with Crippen LogP contribution in [0.15, 0.2) is 76.4 Å². The molecule has 0 radical (unpaired) electrons. The van der Waals surface area contributed by atoms with Crippen LogP contribution >= 0.6 is 11.6 Å². The van der Waals surface area contributed by atoms with Crippen LogP contribution < -0.4 is 5.32 Å². The predicted molar refractivity (Wildman–Crippen MR) is 131 cm³/mol. The summed E-state index contributed by atoms with van der Waals surface area (Å²) in [5.74, 6) is 1.30. The van der Waals surface area contributed by atoms with E-state index >= 15 is 0 Å². The molecule has 0 spiro atoms. The lowest BCUT2D eigenvalue weighted by atomic mass is 10.0. The Kier molecular flexibility index (Phi) is 5.54. The van der Waals surface area contributed by atoms with Crippen LogP contribution in [0.1, 0.15) is 42.7 Å². The first-order valence-electron chi connectivity index (χ1n) is 11.5. The maximum atomic E-state index is 13.2. The van der Waals surface area contributed by atoms with E-state index in [4.69, 9.17) is 16.0 Å². The molecule has 4 aromatic rings. The summed E-state index contributed by atoms with van der Waals surface area (Å²) in [5, 5.41) is 22.1. The Bertz CT molecular complexity index is 1360. The van der Waals surface area contributed by atoms with Crippen molar-refractivity contribution in [2.75, 3.05) is 11.9 Å². The Hall–Kier alpha value is -3.98. The van der Waals surface area contributed by atoms with Gasteiger partial charge >= 0.3 is 0 Å². The van der Waals surface area contributed by atoms with Gasteiger partial charge in [-0.3, -0.25) is 4.79 Å². The van der Waals surface area contributed by atoms with Crippen molar-refractivity contribution in [2.24, 2.45) is 5.10 Å². The van der Waals surface area contributed by atoms with Gasteiger partial charge in [0.1, 0.15) is 11.8 Å². The summed E-state index contributed by atoms with van der Waals surface area (Å²) in [5.41, 5.74) is 3.50. The molecular formula is C25H22ClN7O2. The lowest BCUT2D eigenvalue weighted by Crippen LogP contribution is -2.32. The number of carbonyl (C=O) groups excluding carboxylic acids is 1. The molecule has 6 rings (SSSR count). The summed E-state index contributed by atoms with van der Waals surface area (Å²) >= 11 is 6.03. The Morgan fingerprint density at radius 2 is 1.83 bits per heavy atom. The molecule has 2 aromatic carbocycles. The zero-order valence-electron chi connectivity index (χ0n) is 18.7. The van der Waals surface area contributed by atoms with Gasteiger partial charge in [-0.15, -0.1) is 5.10 Å². The van der Waals surface area contributed by atoms with Crippen molar-refractivity contribution in [1.29, 1.82) is 0 Å². The number of benzene rings is 2. The third kappa shape index (κ3) is 4.42. The van der Waals surface area contributed by atoms with E-state index in [1.807, 2.05) is 65.3 Å². The summed E-state index contributed by atoms with van der Waals surface area (Å²) in [6, 6.07) is 19.0. The molecule has 0 bridgehead atoms. The highest BCUT2D eigenvalue weighted by Gasteiger charge is 2.34. The van der Waals surface area contributed by atoms with E-state index in [0.29, 0.717) is 23.2 Å². The van der Waals surface area contributed by atoms with Gasteiger partial charge < -0.3 is 9.73 Å². The van der Waals surface area contributed by atoms with E-state index in [2.05, 4.69) is 25.9 Å². The number of rotatable bonds is 7. The van der Waals surface area contributed by atoms with E-state index in [0.717, 1.165) is 41.2 Å². The standard InChI is InChI=1S/C25H22ClN7O2/c26-18-7-3-16(4-8-18)21-14-22(23-2-1-13-35-23)33(29-21)24(34)15-27-19-9-5-17(6-10-19)25-28-30-31-32(25)20-11-12-20/h1-10,13,20,22,27H,11-12,14-15H2/t22-/m0/s1. The Balaban J connectivity index is 1.16. The lowest BCUT2D eigenvalue weighted by Gasteiger charge is -2.20. The number of hydrazone groups is 1. The molecule has 35 heavy (non-hydrogen) atoms. The molecule has 3 heterocycles. The lowest BCUT2D eigenvalue weighted by molar-refractivity contribution is -0.131. The third-order valence-corrected chi connectivity index (χ3v) is 6.44. The van der Waals surface area contributed by atoms with E-state index in [1.165, 1.54) is 5.01 Å². The highest BCUT2D eigenvalue weighted by atomic mass is 35.5. The minimum absolute atomic E-state index is 0.0910. The van der Waals surface area contributed by atoms with E-state index in [1.54, 1.807) is 6.26 Å². The van der Waals surface area contributed by atoms with Gasteiger partial charge in [0.05, 0.1) is 24.6 Å². The molecule has 0 unspecified atom stereocenters. The Labute approximate surface area is 206 Å². The summed E-state index contributed by atoms with van der Waals surface area (Å²) in [7, 11) is 0. The second-order valence-corrected chi connectivity index (χ2v) is 9.07. The predicted octanol–water partition coefficient (Wildman–Crippen LogP) is 4.71. The minimum atomic E-state index is -0.298. The fourth-order valence-electron chi connectivity index (χ4n) is 4.20. The van der Waals surface area contributed by atoms with Gasteiger partial charge in [-0.1, -0.05) is 23.7 Å². The van der Waals surface area contributed by atoms with Crippen molar-refractivity contribution in [1.82, 2.24) is 25.2 Å². The van der Waals surface area contributed by atoms with Crippen LogP contribution in [0.4, 0.5) is 5.69 Å². The average Bonchev–Trinajstić information content (AvgIpc) is 3.28. The Morgan fingerprint density at radius 1 is 1.06 bits per heavy atom. The van der Waals surface area contributed by atoms with E-state index < -0.39 is 0 Å². The van der Waals surface area contributed by atoms with Crippen molar-refractivity contribution in [3.8, 4) is 11.4 Å². The fraction of sp³-hybridized carbons (Fsp3) is 0.240. The van der Waals surface area contributed by atoms with Crippen LogP contribution in [0.5, 0.6) is 0 Å². The molecule has 2 aromatic heterocycles. The third-order valence-electron chi connectivity index (χ3n) is 6.19. The number of amides is 1. The first-order chi connectivity index (χ1) is 17.2. The molecule has 0 saturated heterocycles. The molecule has 1 aliphatic heterocycles. The molecule has 10 heteroatoms. The van der Waals surface area contributed by atoms with Crippen molar-refractivity contribution < 1.29 is 9.21 Å². The molecule has 1 atom stereocenters. The number of nitrogens with one attached hydrogen (secondary N) is 1. The molecule has 9 nitrogen and oxygen atoms in total. The highest BCUT2D eigenvalue weighted by molar-refractivity contribution is 6.30. The highest BCUT2D eigenvalue weighted by Crippen LogP contribution is 2.37. The van der Waals surface area contributed by atoms with Crippen LogP contribution in [0, 0.1) is 0 Å². The van der Waals surface area contributed by atoms with E-state index in [-0.39, 0.29) is 18.5 Å². The van der Waals surface area contributed by atoms with Crippen molar-refractivity contribution in [3.63, 3.8) is 0 Å². The van der Waals surface area contributed by atoms with Crippen LogP contribution in [-0.4, -0.2) is 43.4 Å². The summed E-state index contributed by atoms with van der Waals surface area (Å²) in [6.45, 7) is 0.0910. The molecule has 1 saturated carbocycles. The molecule has 2 aliphatic rings. The molecule has 1 aliphatic carbocycles. The number of anilines is 1. The zero-order chi connectivity index (χ0) is 23.8. The van der Waals surface area contributed by atoms with Crippen LogP contribution in [0.25, 0.3) is 11.4 Å². The topological polar surface area (TPSA) is 101 Å². The van der Waals surface area contributed by atoms with Gasteiger partial charge in [-0.2, -0.15) is 5.10 Å². The molecule has 1 amide bonds. The summed E-state index contributed by atoms with van der Waals surface area (Å²) < 4.78 is 7.50. The van der Waals surface area contributed by atoms with Crippen LogP contribution in [-0.2, 0) is 4.79 Å². The maximum absolute atomic E-state index is 13.2. The number of carbonyl (C=O) groups is 1. The summed E-state index contributed by atoms with van der Waals surface area (Å²) in [6.07, 6.45) is 4.39. The second kappa shape index (κ2) is 8.99. The number of hydrogen-bond acceptors (Lipinski definition) is 7. The quantitative estimate of drug-likeness (QED) is 0.405. The number of hydrogen-bond donors (Lipinski definition) is 1. The number of nitrogens with zero attached hydrogens (tertiary/aromatic N) is 6. The number of furan rings is 1. The van der Waals surface area contributed by atoms with Crippen molar-refractivity contribution in [2.45, 2.75) is 31.3 Å². The molecule has 1 fully saturated rings. The monoisotopic (exact) mass is 487 g/mol. The second-order valence-electron chi connectivity index (χ2n) is 8.64. The van der Waals surface area contributed by atoms with Gasteiger partial charge in [0.2, 0.25) is 0 Å². The molecule has 176 valence electrons. The SMILES string of the molecule is O=C(CNc1ccc(-c2nnnn2C2CC2)cc1)N1N=C(c2ccc(Cl)cc2)C[C@H]1c1ccco1. The van der Waals surface area contributed by atoms with Gasteiger partial charge in [-0.05, 0) is 77.4 Å². The zero-order valence-corrected chi connectivity index (χ0v) is 19.5. The number of halogens is 1. The minimum Gasteiger partial charge on any atom is -0.467 e. The smallest absolute Gasteiger partial charge is 0.262 e. The van der Waals surface area contributed by atoms with Crippen molar-refractivity contribution in [3.05, 3.63) is 83.3 Å². The normalized spacial score (nSPS) is 17.5. The average molecular weight is 488 g/mol. The summed E-state index contributed by atoms with van der Waals surface area (Å²) in [4.78, 5) is 13.2. The first-order valence-corrected chi connectivity index (χ1v) is 11.8. The van der Waals surface area contributed by atoms with Gasteiger partial charge in [0, 0.05) is 22.7 Å². The first kappa shape index (κ1) is 21.5. The molecular weight excluding hydrogens is 466 g/mol. The maximum Gasteiger partial charge on any atom is 0.262 e. The molecule has 1 N–H and O–H groups in total. The number of aromatic nitrogens is 4. The van der Waals surface area contributed by atoms with Gasteiger partial charge in [0.25, 0.3) is 5.91 Å². The van der Waals surface area contributed by atoms with Gasteiger partial charge in [-0.25, -0.2) is 9.69 Å². The Morgan fingerprint density at radius 3 is 2.54 bits per heavy atom. The fourth-order valence-corrected chi connectivity index (χ4v) is 4.33. The van der Waals surface area contributed by atoms with Gasteiger partial charge in [0.15, 0.2) is 5.82 Å². The van der Waals surface area contributed by atoms with Crippen LogP contribution in [0.2, 0.25) is 5.02 Å². The van der Waals surface area contributed by atoms with Crippen molar-refractivity contribution >= 4 is 28.9 Å². The number of tetrazole rings is 1. The van der Waals surface area contributed by atoms with Crippen LogP contribution in [0.3, 0.4) is 0 Å². The largest absolute Gasteiger partial charge is 0.467 e.